The Morgan fingerprint density at radius 1 is 1.57 bits per heavy atom. The lowest BCUT2D eigenvalue weighted by Gasteiger charge is -2.23. The normalized spacial score (nSPS) is 22.8. The van der Waals surface area contributed by atoms with Crippen molar-refractivity contribution in [3.63, 3.8) is 0 Å². The van der Waals surface area contributed by atoms with E-state index < -0.39 is 9.84 Å². The first-order valence-electron chi connectivity index (χ1n) is 7.42. The van der Waals surface area contributed by atoms with Gasteiger partial charge in [-0.1, -0.05) is 6.92 Å². The standard InChI is InChI=1S/C14H21N3O2S2/c1-2-4-15-13(11-3-7-21(18,19)10-11)8-12-9-17-5-6-20-14(17)16-12/h5-6,9,11,13,15H,2-4,7-8,10H2,1H3. The molecule has 0 spiro atoms. The summed E-state index contributed by atoms with van der Waals surface area (Å²) in [5.74, 6) is 0.859. The van der Waals surface area contributed by atoms with Crippen molar-refractivity contribution in [3.8, 4) is 0 Å². The van der Waals surface area contributed by atoms with Gasteiger partial charge in [0.15, 0.2) is 14.8 Å². The quantitative estimate of drug-likeness (QED) is 0.878. The summed E-state index contributed by atoms with van der Waals surface area (Å²) in [6, 6.07) is 0.201. The molecular formula is C14H21N3O2S2. The van der Waals surface area contributed by atoms with E-state index in [1.54, 1.807) is 11.3 Å². The minimum absolute atomic E-state index is 0.201. The Balaban J connectivity index is 1.74. The molecule has 0 aromatic carbocycles. The summed E-state index contributed by atoms with van der Waals surface area (Å²) >= 11 is 1.62. The highest BCUT2D eigenvalue weighted by atomic mass is 32.2. The molecule has 5 nitrogen and oxygen atoms in total. The summed E-state index contributed by atoms with van der Waals surface area (Å²) in [5.41, 5.74) is 1.04. The molecule has 21 heavy (non-hydrogen) atoms. The van der Waals surface area contributed by atoms with E-state index in [4.69, 9.17) is 0 Å². The molecule has 2 aromatic heterocycles. The van der Waals surface area contributed by atoms with Crippen molar-refractivity contribution in [1.82, 2.24) is 14.7 Å². The van der Waals surface area contributed by atoms with Crippen molar-refractivity contribution < 1.29 is 8.42 Å². The summed E-state index contributed by atoms with van der Waals surface area (Å²) in [7, 11) is -2.84. The average molecular weight is 327 g/mol. The van der Waals surface area contributed by atoms with E-state index in [1.165, 1.54) is 0 Å². The van der Waals surface area contributed by atoms with E-state index in [2.05, 4.69) is 23.4 Å². The molecule has 7 heteroatoms. The molecule has 1 aliphatic rings. The fourth-order valence-electron chi connectivity index (χ4n) is 2.98. The highest BCUT2D eigenvalue weighted by Gasteiger charge is 2.33. The van der Waals surface area contributed by atoms with Crippen molar-refractivity contribution in [2.45, 2.75) is 32.2 Å². The molecule has 3 rings (SSSR count). The van der Waals surface area contributed by atoms with E-state index in [1.807, 2.05) is 16.0 Å². The molecule has 1 N–H and O–H groups in total. The number of aromatic nitrogens is 2. The molecule has 2 atom stereocenters. The topological polar surface area (TPSA) is 63.5 Å². The first kappa shape index (κ1) is 15.0. The molecule has 1 aliphatic heterocycles. The lowest BCUT2D eigenvalue weighted by atomic mass is 9.95. The fraction of sp³-hybridized carbons (Fsp3) is 0.643. The van der Waals surface area contributed by atoms with Crippen molar-refractivity contribution >= 4 is 26.1 Å². The maximum atomic E-state index is 11.7. The van der Waals surface area contributed by atoms with Crippen LogP contribution in [0.2, 0.25) is 0 Å². The van der Waals surface area contributed by atoms with Crippen LogP contribution in [0.25, 0.3) is 4.96 Å². The van der Waals surface area contributed by atoms with Crippen molar-refractivity contribution in [2.24, 2.45) is 5.92 Å². The van der Waals surface area contributed by atoms with Crippen molar-refractivity contribution in [2.75, 3.05) is 18.1 Å². The zero-order chi connectivity index (χ0) is 14.9. The predicted octanol–water partition coefficient (Wildman–Crippen LogP) is 1.74. The number of imidazole rings is 1. The molecule has 3 heterocycles. The van der Waals surface area contributed by atoms with Gasteiger partial charge in [0.2, 0.25) is 0 Å². The summed E-state index contributed by atoms with van der Waals surface area (Å²) < 4.78 is 25.5. The lowest BCUT2D eigenvalue weighted by molar-refractivity contribution is 0.377. The van der Waals surface area contributed by atoms with Crippen LogP contribution in [0.5, 0.6) is 0 Å². The number of hydrogen-bond acceptors (Lipinski definition) is 5. The zero-order valence-corrected chi connectivity index (χ0v) is 13.8. The highest BCUT2D eigenvalue weighted by Crippen LogP contribution is 2.24. The third-order valence-electron chi connectivity index (χ3n) is 4.07. The minimum Gasteiger partial charge on any atom is -0.313 e. The van der Waals surface area contributed by atoms with E-state index >= 15 is 0 Å². The van der Waals surface area contributed by atoms with E-state index in [0.29, 0.717) is 11.5 Å². The van der Waals surface area contributed by atoms with Crippen LogP contribution in [0.4, 0.5) is 0 Å². The molecule has 116 valence electrons. The predicted molar refractivity (Wildman–Crippen MR) is 85.6 cm³/mol. The van der Waals surface area contributed by atoms with Gasteiger partial charge < -0.3 is 5.32 Å². The molecule has 0 saturated carbocycles. The lowest BCUT2D eigenvalue weighted by Crippen LogP contribution is -2.39. The van der Waals surface area contributed by atoms with Crippen LogP contribution >= 0.6 is 11.3 Å². The first-order valence-corrected chi connectivity index (χ1v) is 10.1. The molecule has 2 aromatic rings. The number of fused-ring (bicyclic) bond motifs is 1. The van der Waals surface area contributed by atoms with E-state index in [9.17, 15) is 8.42 Å². The number of sulfone groups is 1. The van der Waals surface area contributed by atoms with Crippen LogP contribution in [0.3, 0.4) is 0 Å². The number of rotatable bonds is 6. The largest absolute Gasteiger partial charge is 0.313 e. The fourth-order valence-corrected chi connectivity index (χ4v) is 5.57. The second-order valence-electron chi connectivity index (χ2n) is 5.75. The van der Waals surface area contributed by atoms with Gasteiger partial charge in [0, 0.05) is 30.2 Å². The van der Waals surface area contributed by atoms with E-state index in [-0.39, 0.29) is 12.0 Å². The maximum absolute atomic E-state index is 11.7. The third kappa shape index (κ3) is 3.46. The summed E-state index contributed by atoms with van der Waals surface area (Å²) in [5, 5.41) is 5.54. The summed E-state index contributed by atoms with van der Waals surface area (Å²) in [4.78, 5) is 5.62. The van der Waals surface area contributed by atoms with Gasteiger partial charge in [-0.3, -0.25) is 4.40 Å². The number of nitrogens with one attached hydrogen (secondary N) is 1. The number of hydrogen-bond donors (Lipinski definition) is 1. The Bertz CT molecular complexity index is 676. The highest BCUT2D eigenvalue weighted by molar-refractivity contribution is 7.91. The molecule has 0 bridgehead atoms. The monoisotopic (exact) mass is 327 g/mol. The Morgan fingerprint density at radius 3 is 3.10 bits per heavy atom. The smallest absolute Gasteiger partial charge is 0.193 e. The van der Waals surface area contributed by atoms with Crippen LogP contribution in [-0.2, 0) is 16.3 Å². The van der Waals surface area contributed by atoms with Crippen LogP contribution in [0.15, 0.2) is 17.8 Å². The summed E-state index contributed by atoms with van der Waals surface area (Å²) in [6.07, 6.45) is 6.68. The van der Waals surface area contributed by atoms with Crippen LogP contribution in [0, 0.1) is 5.92 Å². The van der Waals surface area contributed by atoms with Crippen LogP contribution < -0.4 is 5.32 Å². The Labute approximate surface area is 129 Å². The second-order valence-corrected chi connectivity index (χ2v) is 8.85. The van der Waals surface area contributed by atoms with Crippen LogP contribution in [0.1, 0.15) is 25.5 Å². The van der Waals surface area contributed by atoms with Gasteiger partial charge >= 0.3 is 0 Å². The molecule has 2 unspecified atom stereocenters. The third-order valence-corrected chi connectivity index (χ3v) is 6.63. The van der Waals surface area contributed by atoms with Gasteiger partial charge in [-0.2, -0.15) is 0 Å². The molecule has 1 saturated heterocycles. The first-order chi connectivity index (χ1) is 10.1. The van der Waals surface area contributed by atoms with Gasteiger partial charge in [0.1, 0.15) is 0 Å². The van der Waals surface area contributed by atoms with Crippen molar-refractivity contribution in [1.29, 1.82) is 0 Å². The van der Waals surface area contributed by atoms with E-state index in [0.717, 1.165) is 36.5 Å². The Kier molecular flexibility index (Phi) is 4.33. The number of thiazole rings is 1. The molecule has 0 radical (unpaired) electrons. The minimum atomic E-state index is -2.84. The van der Waals surface area contributed by atoms with Crippen molar-refractivity contribution in [3.05, 3.63) is 23.5 Å². The molecule has 1 fully saturated rings. The maximum Gasteiger partial charge on any atom is 0.193 e. The van der Waals surface area contributed by atoms with Gasteiger partial charge in [0.25, 0.3) is 0 Å². The Hall–Kier alpha value is -0.920. The summed E-state index contributed by atoms with van der Waals surface area (Å²) in [6.45, 7) is 3.05. The van der Waals surface area contributed by atoms with Gasteiger partial charge in [-0.25, -0.2) is 13.4 Å². The SMILES string of the molecule is CCCNC(Cc1cn2ccsc2n1)C1CCS(=O)(=O)C1. The Morgan fingerprint density at radius 2 is 2.43 bits per heavy atom. The second kappa shape index (κ2) is 6.06. The van der Waals surface area contributed by atoms with Gasteiger partial charge in [-0.05, 0) is 25.3 Å². The average Bonchev–Trinajstić information content (AvgIpc) is 3.08. The molecular weight excluding hydrogens is 306 g/mol. The number of nitrogens with zero attached hydrogens (tertiary/aromatic N) is 2. The molecule has 0 amide bonds. The van der Waals surface area contributed by atoms with Gasteiger partial charge in [-0.15, -0.1) is 11.3 Å². The van der Waals surface area contributed by atoms with Crippen LogP contribution in [-0.4, -0.2) is 41.9 Å². The molecule has 0 aliphatic carbocycles. The van der Waals surface area contributed by atoms with Gasteiger partial charge in [0.05, 0.1) is 17.2 Å². The zero-order valence-electron chi connectivity index (χ0n) is 12.2.